The van der Waals surface area contributed by atoms with Crippen LogP contribution in [0.3, 0.4) is 0 Å². The third-order valence-electron chi connectivity index (χ3n) is 3.00. The van der Waals surface area contributed by atoms with E-state index in [1.807, 2.05) is 26.0 Å². The van der Waals surface area contributed by atoms with Gasteiger partial charge in [0, 0.05) is 22.1 Å². The largest absolute Gasteiger partial charge is 0.318 e. The summed E-state index contributed by atoms with van der Waals surface area (Å²) in [6.07, 6.45) is 1.08. The molecule has 0 N–H and O–H groups in total. The summed E-state index contributed by atoms with van der Waals surface area (Å²) in [6, 6.07) is 10.2. The van der Waals surface area contributed by atoms with Crippen molar-refractivity contribution in [1.82, 2.24) is 4.57 Å². The van der Waals surface area contributed by atoms with Crippen LogP contribution in [0, 0.1) is 13.8 Å². The molecule has 2 aromatic rings. The van der Waals surface area contributed by atoms with E-state index in [9.17, 15) is 0 Å². The molecule has 0 saturated heterocycles. The van der Waals surface area contributed by atoms with Crippen LogP contribution < -0.4 is 0 Å². The molecule has 1 aromatic heterocycles. The summed E-state index contributed by atoms with van der Waals surface area (Å²) in [5.41, 5.74) is 5.19. The Bertz CT molecular complexity index is 495. The lowest BCUT2D eigenvalue weighted by Crippen LogP contribution is -1.99. The van der Waals surface area contributed by atoms with Crippen molar-refractivity contribution in [3.05, 3.63) is 52.3 Å². The normalized spacial score (nSPS) is 9.89. The third-order valence-corrected chi connectivity index (χ3v) is 3.25. The Labute approximate surface area is 115 Å². The zero-order chi connectivity index (χ0) is 13.7. The Morgan fingerprint density at radius 1 is 1.06 bits per heavy atom. The smallest absolute Gasteiger partial charge is 0.0456 e. The summed E-state index contributed by atoms with van der Waals surface area (Å²) in [5.74, 6) is 0. The highest BCUT2D eigenvalue weighted by molar-refractivity contribution is 6.30. The van der Waals surface area contributed by atoms with Crippen LogP contribution in [0.25, 0.3) is 5.69 Å². The molecular formula is C16H22ClN. The fraction of sp³-hybridized carbons (Fsp3) is 0.375. The van der Waals surface area contributed by atoms with E-state index in [-0.39, 0.29) is 0 Å². The van der Waals surface area contributed by atoms with Crippen LogP contribution in [0.1, 0.15) is 37.7 Å². The van der Waals surface area contributed by atoms with Gasteiger partial charge in [-0.05, 0) is 56.2 Å². The first-order valence-electron chi connectivity index (χ1n) is 6.57. The summed E-state index contributed by atoms with van der Waals surface area (Å²) in [7, 11) is 0. The second-order valence-corrected chi connectivity index (χ2v) is 4.50. The maximum atomic E-state index is 5.90. The van der Waals surface area contributed by atoms with Crippen molar-refractivity contribution in [1.29, 1.82) is 0 Å². The van der Waals surface area contributed by atoms with Crippen molar-refractivity contribution in [2.45, 2.75) is 41.0 Å². The second-order valence-electron chi connectivity index (χ2n) is 4.06. The number of hydrogen-bond acceptors (Lipinski definition) is 0. The SMILES string of the molecule is CC.CCc1cc(C)n(-c2ccc(Cl)cc2)c1C. The molecular weight excluding hydrogens is 242 g/mol. The number of aryl methyl sites for hydroxylation is 2. The molecule has 0 saturated carbocycles. The quantitative estimate of drug-likeness (QED) is 0.690. The van der Waals surface area contributed by atoms with Crippen LogP contribution in [0.2, 0.25) is 5.02 Å². The average Bonchev–Trinajstić information content (AvgIpc) is 2.68. The van der Waals surface area contributed by atoms with Gasteiger partial charge in [0.25, 0.3) is 0 Å². The van der Waals surface area contributed by atoms with Gasteiger partial charge in [0.15, 0.2) is 0 Å². The molecule has 0 aliphatic heterocycles. The molecule has 0 spiro atoms. The van der Waals surface area contributed by atoms with E-state index < -0.39 is 0 Å². The van der Waals surface area contributed by atoms with Crippen LogP contribution in [0.15, 0.2) is 30.3 Å². The lowest BCUT2D eigenvalue weighted by atomic mass is 10.2. The number of aromatic nitrogens is 1. The first-order chi connectivity index (χ1) is 8.63. The van der Waals surface area contributed by atoms with Crippen LogP contribution >= 0.6 is 11.6 Å². The molecule has 0 aliphatic carbocycles. The first-order valence-corrected chi connectivity index (χ1v) is 6.95. The minimum atomic E-state index is 0.780. The summed E-state index contributed by atoms with van der Waals surface area (Å²) in [4.78, 5) is 0. The highest BCUT2D eigenvalue weighted by Gasteiger charge is 2.08. The summed E-state index contributed by atoms with van der Waals surface area (Å²) < 4.78 is 2.27. The number of benzene rings is 1. The van der Waals surface area contributed by atoms with Crippen molar-refractivity contribution in [2.24, 2.45) is 0 Å². The molecule has 0 unspecified atom stereocenters. The van der Waals surface area contributed by atoms with Gasteiger partial charge in [-0.25, -0.2) is 0 Å². The van der Waals surface area contributed by atoms with Crippen LogP contribution in [-0.2, 0) is 6.42 Å². The lowest BCUT2D eigenvalue weighted by Gasteiger charge is -2.09. The lowest BCUT2D eigenvalue weighted by molar-refractivity contribution is 0.950. The van der Waals surface area contributed by atoms with E-state index in [1.54, 1.807) is 0 Å². The molecule has 0 radical (unpaired) electrons. The molecule has 1 heterocycles. The van der Waals surface area contributed by atoms with Gasteiger partial charge in [0.2, 0.25) is 0 Å². The topological polar surface area (TPSA) is 4.93 Å². The van der Waals surface area contributed by atoms with Crippen molar-refractivity contribution >= 4 is 11.6 Å². The number of halogens is 1. The predicted octanol–water partition coefficient (Wildman–Crippen LogP) is 5.34. The monoisotopic (exact) mass is 263 g/mol. The van der Waals surface area contributed by atoms with Gasteiger partial charge in [-0.1, -0.05) is 32.4 Å². The molecule has 0 fully saturated rings. The highest BCUT2D eigenvalue weighted by Crippen LogP contribution is 2.22. The Hall–Kier alpha value is -1.21. The Balaban J connectivity index is 0.000000771. The molecule has 2 rings (SSSR count). The maximum absolute atomic E-state index is 5.90. The first kappa shape index (κ1) is 14.8. The zero-order valence-corrected chi connectivity index (χ0v) is 12.7. The van der Waals surface area contributed by atoms with E-state index in [2.05, 4.69) is 43.5 Å². The van der Waals surface area contributed by atoms with Crippen LogP contribution in [0.5, 0.6) is 0 Å². The molecule has 0 amide bonds. The van der Waals surface area contributed by atoms with Crippen LogP contribution in [0.4, 0.5) is 0 Å². The molecule has 98 valence electrons. The van der Waals surface area contributed by atoms with Gasteiger partial charge in [-0.3, -0.25) is 0 Å². The molecule has 1 aromatic carbocycles. The van der Waals surface area contributed by atoms with Crippen molar-refractivity contribution in [3.8, 4) is 5.69 Å². The van der Waals surface area contributed by atoms with E-state index >= 15 is 0 Å². The van der Waals surface area contributed by atoms with Gasteiger partial charge in [-0.2, -0.15) is 0 Å². The number of rotatable bonds is 2. The van der Waals surface area contributed by atoms with E-state index in [1.165, 1.54) is 22.6 Å². The van der Waals surface area contributed by atoms with E-state index in [0.717, 1.165) is 11.4 Å². The zero-order valence-electron chi connectivity index (χ0n) is 11.9. The summed E-state index contributed by atoms with van der Waals surface area (Å²) in [5, 5.41) is 0.780. The minimum absolute atomic E-state index is 0.780. The Morgan fingerprint density at radius 2 is 1.61 bits per heavy atom. The number of nitrogens with zero attached hydrogens (tertiary/aromatic N) is 1. The fourth-order valence-electron chi connectivity index (χ4n) is 2.17. The summed E-state index contributed by atoms with van der Waals surface area (Å²) in [6.45, 7) is 10.5. The van der Waals surface area contributed by atoms with Crippen molar-refractivity contribution in [2.75, 3.05) is 0 Å². The molecule has 0 aliphatic rings. The Kier molecular flexibility index (Phi) is 5.49. The maximum Gasteiger partial charge on any atom is 0.0456 e. The van der Waals surface area contributed by atoms with Crippen molar-refractivity contribution < 1.29 is 0 Å². The molecule has 1 nitrogen and oxygen atoms in total. The van der Waals surface area contributed by atoms with E-state index in [0.29, 0.717) is 0 Å². The van der Waals surface area contributed by atoms with Gasteiger partial charge >= 0.3 is 0 Å². The predicted molar refractivity (Wildman–Crippen MR) is 81.0 cm³/mol. The standard InChI is InChI=1S/C14H16ClN.C2H6/c1-4-12-9-10(2)16(11(12)3)14-7-5-13(15)6-8-14;1-2/h5-9H,4H2,1-3H3;1-2H3. The minimum Gasteiger partial charge on any atom is -0.318 e. The molecule has 18 heavy (non-hydrogen) atoms. The third kappa shape index (κ3) is 2.97. The summed E-state index contributed by atoms with van der Waals surface area (Å²) >= 11 is 5.90. The van der Waals surface area contributed by atoms with Gasteiger partial charge in [0.1, 0.15) is 0 Å². The molecule has 2 heteroatoms. The Morgan fingerprint density at radius 3 is 2.06 bits per heavy atom. The molecule has 0 atom stereocenters. The molecule has 0 bridgehead atoms. The van der Waals surface area contributed by atoms with Gasteiger partial charge in [-0.15, -0.1) is 0 Å². The average molecular weight is 264 g/mol. The fourth-order valence-corrected chi connectivity index (χ4v) is 2.30. The second kappa shape index (κ2) is 6.65. The highest BCUT2D eigenvalue weighted by atomic mass is 35.5. The van der Waals surface area contributed by atoms with Crippen LogP contribution in [-0.4, -0.2) is 4.57 Å². The van der Waals surface area contributed by atoms with Gasteiger partial charge < -0.3 is 4.57 Å². The van der Waals surface area contributed by atoms with Gasteiger partial charge in [0.05, 0.1) is 0 Å². The van der Waals surface area contributed by atoms with Crippen molar-refractivity contribution in [3.63, 3.8) is 0 Å². The van der Waals surface area contributed by atoms with E-state index in [4.69, 9.17) is 11.6 Å². The number of hydrogen-bond donors (Lipinski definition) is 0.